The van der Waals surface area contributed by atoms with Crippen LogP contribution in [0.15, 0.2) is 59.8 Å². The topological polar surface area (TPSA) is 64.0 Å². The summed E-state index contributed by atoms with van der Waals surface area (Å²) in [6.45, 7) is 2.48. The van der Waals surface area contributed by atoms with Crippen LogP contribution < -0.4 is 5.32 Å². The summed E-state index contributed by atoms with van der Waals surface area (Å²) >= 11 is 0. The number of aryl methyl sites for hydroxylation is 1. The zero-order valence-corrected chi connectivity index (χ0v) is 16.3. The van der Waals surface area contributed by atoms with Gasteiger partial charge in [0.2, 0.25) is 0 Å². The van der Waals surface area contributed by atoms with Gasteiger partial charge in [0.05, 0.1) is 5.69 Å². The number of pyridine rings is 1. The molecule has 0 aliphatic heterocycles. The number of nitrogens with one attached hydrogen (secondary N) is 1. The van der Waals surface area contributed by atoms with E-state index in [2.05, 4.69) is 10.3 Å². The van der Waals surface area contributed by atoms with Gasteiger partial charge in [0.1, 0.15) is 4.90 Å². The molecule has 1 N–H and O–H groups in total. The Bertz CT molecular complexity index is 1050. The zero-order chi connectivity index (χ0) is 19.0. The minimum atomic E-state index is -3.73. The van der Waals surface area contributed by atoms with E-state index < -0.39 is 10.0 Å². The van der Waals surface area contributed by atoms with Crippen molar-refractivity contribution in [2.24, 2.45) is 0 Å². The summed E-state index contributed by atoms with van der Waals surface area (Å²) in [5.74, 6) is 0.427. The van der Waals surface area contributed by atoms with Crippen molar-refractivity contribution in [1.29, 1.82) is 0 Å². The molecule has 5 nitrogen and oxygen atoms in total. The van der Waals surface area contributed by atoms with E-state index in [1.165, 1.54) is 10.2 Å². The molecule has 0 radical (unpaired) electrons. The van der Waals surface area contributed by atoms with E-state index in [1.807, 2.05) is 44.3 Å². The molecule has 1 aromatic carbocycles. The Morgan fingerprint density at radius 2 is 1.89 bits per heavy atom. The fourth-order valence-electron chi connectivity index (χ4n) is 3.49. The Labute approximate surface area is 160 Å². The first-order valence-electron chi connectivity index (χ1n) is 9.14. The zero-order valence-electron chi connectivity index (χ0n) is 15.5. The van der Waals surface area contributed by atoms with E-state index in [9.17, 15) is 8.42 Å². The van der Waals surface area contributed by atoms with E-state index in [0.29, 0.717) is 12.5 Å². The molecule has 0 bridgehead atoms. The molecule has 0 unspecified atom stereocenters. The van der Waals surface area contributed by atoms with Crippen LogP contribution in [0.4, 0.5) is 0 Å². The molecule has 2 heterocycles. The third-order valence-corrected chi connectivity index (χ3v) is 6.58. The molecule has 3 aromatic rings. The van der Waals surface area contributed by atoms with Gasteiger partial charge in [-0.3, -0.25) is 4.98 Å². The van der Waals surface area contributed by atoms with Crippen LogP contribution in [0.25, 0.3) is 11.3 Å². The van der Waals surface area contributed by atoms with Gasteiger partial charge in [-0.1, -0.05) is 30.3 Å². The molecule has 0 amide bonds. The Morgan fingerprint density at radius 1 is 1.15 bits per heavy atom. The fraction of sp³-hybridized carbons (Fsp3) is 0.286. The molecule has 4 rings (SSSR count). The lowest BCUT2D eigenvalue weighted by Gasteiger charge is -2.13. The Morgan fingerprint density at radius 3 is 2.48 bits per heavy atom. The van der Waals surface area contributed by atoms with Crippen molar-refractivity contribution < 1.29 is 8.42 Å². The summed E-state index contributed by atoms with van der Waals surface area (Å²) in [7, 11) is -1.85. The largest absolute Gasteiger partial charge is 0.316 e. The highest BCUT2D eigenvalue weighted by Gasteiger charge is 2.34. The van der Waals surface area contributed by atoms with Crippen LogP contribution in [0.3, 0.4) is 0 Å². The SMILES string of the molecule is CNCc1cn(S(=O)(=O)c2ccc(C)nc2)c(-c2ccccc2)c1C1CC1. The van der Waals surface area contributed by atoms with Gasteiger partial charge in [-0.05, 0) is 61.6 Å². The summed E-state index contributed by atoms with van der Waals surface area (Å²) < 4.78 is 28.4. The summed E-state index contributed by atoms with van der Waals surface area (Å²) in [5, 5.41) is 3.18. The molecule has 6 heteroatoms. The highest BCUT2D eigenvalue weighted by atomic mass is 32.2. The van der Waals surface area contributed by atoms with Crippen molar-refractivity contribution in [3.05, 3.63) is 71.7 Å². The van der Waals surface area contributed by atoms with Crippen molar-refractivity contribution in [1.82, 2.24) is 14.3 Å². The van der Waals surface area contributed by atoms with Gasteiger partial charge in [-0.2, -0.15) is 0 Å². The van der Waals surface area contributed by atoms with Gasteiger partial charge in [-0.15, -0.1) is 0 Å². The molecule has 0 spiro atoms. The van der Waals surface area contributed by atoms with Crippen molar-refractivity contribution in [3.8, 4) is 11.3 Å². The van der Waals surface area contributed by atoms with Crippen molar-refractivity contribution >= 4 is 10.0 Å². The van der Waals surface area contributed by atoms with Crippen LogP contribution >= 0.6 is 0 Å². The quantitative estimate of drug-likeness (QED) is 0.707. The van der Waals surface area contributed by atoms with Gasteiger partial charge in [0.15, 0.2) is 0 Å². The monoisotopic (exact) mass is 381 g/mol. The number of hydrogen-bond donors (Lipinski definition) is 1. The van der Waals surface area contributed by atoms with Crippen LogP contribution in [0.1, 0.15) is 35.6 Å². The maximum atomic E-state index is 13.5. The molecule has 1 aliphatic rings. The summed E-state index contributed by atoms with van der Waals surface area (Å²) in [4.78, 5) is 4.39. The number of rotatable bonds is 6. The highest BCUT2D eigenvalue weighted by molar-refractivity contribution is 7.90. The van der Waals surface area contributed by atoms with Gasteiger partial charge >= 0.3 is 0 Å². The lowest BCUT2D eigenvalue weighted by atomic mass is 10.0. The van der Waals surface area contributed by atoms with Crippen molar-refractivity contribution in [3.63, 3.8) is 0 Å². The molecule has 1 saturated carbocycles. The molecule has 1 fully saturated rings. The van der Waals surface area contributed by atoms with Crippen LogP contribution in [-0.4, -0.2) is 24.4 Å². The number of aromatic nitrogens is 2. The number of benzene rings is 1. The normalized spacial score (nSPS) is 14.4. The molecule has 0 saturated heterocycles. The molecule has 2 aromatic heterocycles. The highest BCUT2D eigenvalue weighted by Crippen LogP contribution is 2.47. The summed E-state index contributed by atoms with van der Waals surface area (Å²) in [5.41, 5.74) is 4.69. The number of nitrogens with zero attached hydrogens (tertiary/aromatic N) is 2. The van der Waals surface area contributed by atoms with Crippen molar-refractivity contribution in [2.75, 3.05) is 7.05 Å². The minimum Gasteiger partial charge on any atom is -0.316 e. The standard InChI is InChI=1S/C21H23N3O2S/c1-15-8-11-19(13-23-15)27(25,26)24-14-18(12-22-2)20(16-9-10-16)21(24)17-6-4-3-5-7-17/h3-8,11,13-14,16,22H,9-10,12H2,1-2H3. The molecule has 27 heavy (non-hydrogen) atoms. The lowest BCUT2D eigenvalue weighted by Crippen LogP contribution is -2.14. The van der Waals surface area contributed by atoms with Crippen LogP contribution in [0.5, 0.6) is 0 Å². The average molecular weight is 382 g/mol. The predicted octanol–water partition coefficient (Wildman–Crippen LogP) is 3.69. The smallest absolute Gasteiger partial charge is 0.269 e. The van der Waals surface area contributed by atoms with E-state index in [1.54, 1.807) is 18.3 Å². The summed E-state index contributed by atoms with van der Waals surface area (Å²) in [6.07, 6.45) is 5.43. The third kappa shape index (κ3) is 3.31. The predicted molar refractivity (Wildman–Crippen MR) is 106 cm³/mol. The van der Waals surface area contributed by atoms with E-state index in [4.69, 9.17) is 0 Å². The Kier molecular flexibility index (Phi) is 4.61. The van der Waals surface area contributed by atoms with E-state index in [0.717, 1.165) is 40.9 Å². The average Bonchev–Trinajstić information content (AvgIpc) is 3.43. The Hall–Kier alpha value is -2.44. The van der Waals surface area contributed by atoms with E-state index >= 15 is 0 Å². The second-order valence-corrected chi connectivity index (χ2v) is 8.84. The summed E-state index contributed by atoms with van der Waals surface area (Å²) in [6, 6.07) is 13.1. The van der Waals surface area contributed by atoms with Gasteiger partial charge in [0.25, 0.3) is 10.0 Å². The molecular formula is C21H23N3O2S. The maximum Gasteiger partial charge on any atom is 0.269 e. The number of hydrogen-bond acceptors (Lipinski definition) is 4. The minimum absolute atomic E-state index is 0.207. The first-order chi connectivity index (χ1) is 13.0. The van der Waals surface area contributed by atoms with Crippen LogP contribution in [0.2, 0.25) is 0 Å². The molecule has 140 valence electrons. The maximum absolute atomic E-state index is 13.5. The van der Waals surface area contributed by atoms with E-state index in [-0.39, 0.29) is 4.90 Å². The first kappa shape index (κ1) is 17.9. The second kappa shape index (κ2) is 6.94. The van der Waals surface area contributed by atoms with Gasteiger partial charge in [0, 0.05) is 24.6 Å². The van der Waals surface area contributed by atoms with Crippen LogP contribution in [0, 0.1) is 6.92 Å². The van der Waals surface area contributed by atoms with Gasteiger partial charge < -0.3 is 5.32 Å². The van der Waals surface area contributed by atoms with Crippen LogP contribution in [-0.2, 0) is 16.6 Å². The molecule has 0 atom stereocenters. The molecule has 1 aliphatic carbocycles. The second-order valence-electron chi connectivity index (χ2n) is 7.02. The third-order valence-electron chi connectivity index (χ3n) is 4.94. The lowest BCUT2D eigenvalue weighted by molar-refractivity contribution is 0.587. The Balaban J connectivity index is 1.97. The van der Waals surface area contributed by atoms with Gasteiger partial charge in [-0.25, -0.2) is 12.4 Å². The molecular weight excluding hydrogens is 358 g/mol. The van der Waals surface area contributed by atoms with Crippen molar-refractivity contribution in [2.45, 2.75) is 37.1 Å². The fourth-order valence-corrected chi connectivity index (χ4v) is 4.86. The first-order valence-corrected chi connectivity index (χ1v) is 10.6.